The lowest BCUT2D eigenvalue weighted by molar-refractivity contribution is -0.117. The van der Waals surface area contributed by atoms with E-state index in [1.807, 2.05) is 6.08 Å². The van der Waals surface area contributed by atoms with Crippen LogP contribution in [0.3, 0.4) is 0 Å². The van der Waals surface area contributed by atoms with Gasteiger partial charge in [-0.15, -0.1) is 0 Å². The van der Waals surface area contributed by atoms with Gasteiger partial charge in [0.2, 0.25) is 5.96 Å². The predicted octanol–water partition coefficient (Wildman–Crippen LogP) is 4.98. The molecule has 0 saturated heterocycles. The highest BCUT2D eigenvalue weighted by atomic mass is 19.1. The van der Waals surface area contributed by atoms with Crippen LogP contribution >= 0.6 is 0 Å². The SMILES string of the molecule is CCN(C)CCN(CC)/C(C)=C/C=C(C)C1=C2C(=CCC1)C(=O)C1C2=NC(N)=NC1c1ccc(F)cc1. The number of carbonyl (C=O) groups is 1. The lowest BCUT2D eigenvalue weighted by atomic mass is 9.86. The molecule has 1 saturated carbocycles. The second-order valence-electron chi connectivity index (χ2n) is 9.97. The number of fused-ring (bicyclic) bond motifs is 3. The van der Waals surface area contributed by atoms with Gasteiger partial charge in [-0.3, -0.25) is 4.79 Å². The van der Waals surface area contributed by atoms with Gasteiger partial charge in [0.25, 0.3) is 0 Å². The number of likely N-dealkylation sites (N-methyl/N-ethyl adjacent to an activating group) is 2. The summed E-state index contributed by atoms with van der Waals surface area (Å²) in [5, 5.41) is 0. The molecule has 1 aromatic rings. The Morgan fingerprint density at radius 3 is 2.54 bits per heavy atom. The molecule has 4 rings (SSSR count). The van der Waals surface area contributed by atoms with Crippen LogP contribution in [0.5, 0.6) is 0 Å². The molecular formula is C30H38FN5O. The number of hydrogen-bond donors (Lipinski definition) is 1. The smallest absolute Gasteiger partial charge is 0.216 e. The van der Waals surface area contributed by atoms with Gasteiger partial charge >= 0.3 is 0 Å². The fourth-order valence-electron chi connectivity index (χ4n) is 5.31. The Kier molecular flexibility index (Phi) is 8.22. The van der Waals surface area contributed by atoms with Gasteiger partial charge in [-0.05, 0) is 82.1 Å². The highest BCUT2D eigenvalue weighted by molar-refractivity contribution is 6.34. The highest BCUT2D eigenvalue weighted by Gasteiger charge is 2.48. The molecule has 0 aromatic heterocycles. The molecule has 2 unspecified atom stereocenters. The maximum atomic E-state index is 13.6. The van der Waals surface area contributed by atoms with Gasteiger partial charge in [-0.25, -0.2) is 14.4 Å². The molecule has 1 aromatic carbocycles. The number of aliphatic imine (C=N–C) groups is 2. The minimum absolute atomic E-state index is 0.0215. The van der Waals surface area contributed by atoms with Crippen LogP contribution in [0, 0.1) is 11.7 Å². The van der Waals surface area contributed by atoms with Gasteiger partial charge < -0.3 is 15.5 Å². The van der Waals surface area contributed by atoms with Crippen molar-refractivity contribution in [2.45, 2.75) is 46.6 Å². The first-order chi connectivity index (χ1) is 17.7. The van der Waals surface area contributed by atoms with E-state index in [0.717, 1.165) is 61.3 Å². The lowest BCUT2D eigenvalue weighted by Crippen LogP contribution is -2.32. The van der Waals surface area contributed by atoms with Gasteiger partial charge in [-0.2, -0.15) is 0 Å². The third-order valence-corrected chi connectivity index (χ3v) is 7.67. The summed E-state index contributed by atoms with van der Waals surface area (Å²) in [6.07, 6.45) is 7.99. The molecule has 1 fully saturated rings. The predicted molar refractivity (Wildman–Crippen MR) is 149 cm³/mol. The van der Waals surface area contributed by atoms with Crippen molar-refractivity contribution >= 4 is 17.5 Å². The van der Waals surface area contributed by atoms with Gasteiger partial charge in [0.15, 0.2) is 5.78 Å². The zero-order valence-corrected chi connectivity index (χ0v) is 22.6. The number of guanidine groups is 1. The molecule has 0 amide bonds. The number of allylic oxidation sites excluding steroid dienone is 8. The largest absolute Gasteiger partial charge is 0.374 e. The lowest BCUT2D eigenvalue weighted by Gasteiger charge is -2.26. The summed E-state index contributed by atoms with van der Waals surface area (Å²) in [5.41, 5.74) is 12.7. The first-order valence-corrected chi connectivity index (χ1v) is 13.2. The first kappa shape index (κ1) is 26.7. The average Bonchev–Trinajstić information content (AvgIpc) is 3.19. The Morgan fingerprint density at radius 1 is 1.14 bits per heavy atom. The van der Waals surface area contributed by atoms with Crippen LogP contribution in [-0.4, -0.2) is 60.5 Å². The van der Waals surface area contributed by atoms with Crippen LogP contribution < -0.4 is 5.73 Å². The van der Waals surface area contributed by atoms with E-state index in [4.69, 9.17) is 5.73 Å². The second-order valence-corrected chi connectivity index (χ2v) is 9.97. The maximum absolute atomic E-state index is 13.6. The number of benzene rings is 1. The molecule has 1 heterocycles. The molecule has 2 N–H and O–H groups in total. The second kappa shape index (κ2) is 11.4. The quantitative estimate of drug-likeness (QED) is 0.483. The van der Waals surface area contributed by atoms with E-state index in [0.29, 0.717) is 11.3 Å². The molecule has 2 aliphatic carbocycles. The molecule has 3 aliphatic rings. The van der Waals surface area contributed by atoms with Crippen molar-refractivity contribution in [3.63, 3.8) is 0 Å². The maximum Gasteiger partial charge on any atom is 0.216 e. The Morgan fingerprint density at radius 2 is 1.86 bits per heavy atom. The highest BCUT2D eigenvalue weighted by Crippen LogP contribution is 2.46. The summed E-state index contributed by atoms with van der Waals surface area (Å²) in [6.45, 7) is 12.6. The van der Waals surface area contributed by atoms with Crippen molar-refractivity contribution in [3.05, 3.63) is 81.9 Å². The zero-order chi connectivity index (χ0) is 26.7. The Balaban J connectivity index is 1.67. The molecule has 6 nitrogen and oxygen atoms in total. The van der Waals surface area contributed by atoms with Gasteiger partial charge in [0, 0.05) is 36.5 Å². The van der Waals surface area contributed by atoms with Crippen LogP contribution in [0.4, 0.5) is 4.39 Å². The summed E-state index contributed by atoms with van der Waals surface area (Å²) >= 11 is 0. The van der Waals surface area contributed by atoms with Crippen molar-refractivity contribution in [1.29, 1.82) is 0 Å². The van der Waals surface area contributed by atoms with Crippen LogP contribution in [0.2, 0.25) is 0 Å². The fraction of sp³-hybridized carbons (Fsp3) is 0.433. The molecule has 37 heavy (non-hydrogen) atoms. The van der Waals surface area contributed by atoms with E-state index >= 15 is 0 Å². The molecule has 7 heteroatoms. The fourth-order valence-corrected chi connectivity index (χ4v) is 5.31. The monoisotopic (exact) mass is 503 g/mol. The third kappa shape index (κ3) is 5.52. The minimum atomic E-state index is -0.539. The van der Waals surface area contributed by atoms with Crippen molar-refractivity contribution in [1.82, 2.24) is 9.80 Å². The molecular weight excluding hydrogens is 465 g/mol. The van der Waals surface area contributed by atoms with Gasteiger partial charge in [-0.1, -0.05) is 31.2 Å². The normalized spacial score (nSPS) is 22.0. The summed E-state index contributed by atoms with van der Waals surface area (Å²) in [7, 11) is 2.14. The van der Waals surface area contributed by atoms with Crippen LogP contribution in [0.1, 0.15) is 52.1 Å². The molecule has 0 radical (unpaired) electrons. The van der Waals surface area contributed by atoms with Crippen molar-refractivity contribution in [2.75, 3.05) is 33.2 Å². The molecule has 0 bridgehead atoms. The number of carbonyl (C=O) groups excluding carboxylic acids is 1. The van der Waals surface area contributed by atoms with E-state index in [2.05, 4.69) is 66.7 Å². The van der Waals surface area contributed by atoms with E-state index in [1.165, 1.54) is 17.8 Å². The number of ketones is 1. The Hall–Kier alpha value is -3.32. The van der Waals surface area contributed by atoms with Gasteiger partial charge in [0.05, 0.1) is 17.7 Å². The standard InChI is InChI=1S/C30H38FN5O/c1-6-35(5)17-18-36(7-2)20(4)12-11-19(3)23-9-8-10-24-25(23)28-26(29(24)37)27(33-30(32)34-28)21-13-15-22(31)16-14-21/h10-16,26-27H,6-9,17-18H2,1-5H3,(H2,32,33)/b19-11?,20-12+. The summed E-state index contributed by atoms with van der Waals surface area (Å²) < 4.78 is 13.6. The number of hydrogen-bond acceptors (Lipinski definition) is 6. The van der Waals surface area contributed by atoms with Crippen molar-refractivity contribution in [2.24, 2.45) is 21.6 Å². The van der Waals surface area contributed by atoms with E-state index in [1.54, 1.807) is 12.1 Å². The van der Waals surface area contributed by atoms with E-state index < -0.39 is 12.0 Å². The number of nitrogens with two attached hydrogens (primary N) is 1. The summed E-state index contributed by atoms with van der Waals surface area (Å²) in [6, 6.07) is 5.63. The average molecular weight is 504 g/mol. The summed E-state index contributed by atoms with van der Waals surface area (Å²) in [5.74, 6) is -0.690. The number of halogens is 1. The third-order valence-electron chi connectivity index (χ3n) is 7.67. The minimum Gasteiger partial charge on any atom is -0.374 e. The summed E-state index contributed by atoms with van der Waals surface area (Å²) in [4.78, 5) is 27.4. The number of rotatable bonds is 9. The van der Waals surface area contributed by atoms with Gasteiger partial charge in [0.1, 0.15) is 5.82 Å². The Bertz CT molecular complexity index is 1230. The number of nitrogens with zero attached hydrogens (tertiary/aromatic N) is 4. The zero-order valence-electron chi connectivity index (χ0n) is 22.6. The van der Waals surface area contributed by atoms with Crippen LogP contribution in [0.15, 0.2) is 80.5 Å². The molecule has 2 atom stereocenters. The Labute approximate surface area is 219 Å². The van der Waals surface area contributed by atoms with Crippen molar-refractivity contribution < 1.29 is 9.18 Å². The molecule has 0 spiro atoms. The van der Waals surface area contributed by atoms with Crippen molar-refractivity contribution in [3.8, 4) is 0 Å². The molecule has 196 valence electrons. The van der Waals surface area contributed by atoms with E-state index in [-0.39, 0.29) is 17.6 Å². The van der Waals surface area contributed by atoms with E-state index in [9.17, 15) is 9.18 Å². The molecule has 1 aliphatic heterocycles. The first-order valence-electron chi connectivity index (χ1n) is 13.2. The number of Topliss-reactive ketones (excluding diaryl/α,β-unsaturated/α-hetero) is 1. The topological polar surface area (TPSA) is 74.3 Å². The van der Waals surface area contributed by atoms with Crippen LogP contribution in [-0.2, 0) is 4.79 Å². The van der Waals surface area contributed by atoms with Crippen LogP contribution in [0.25, 0.3) is 0 Å².